The van der Waals surface area contributed by atoms with E-state index in [1.807, 2.05) is 0 Å². The molecular weight excluding hydrogens is 196 g/mol. The molecule has 4 rings (SSSR count). The first-order valence-electron chi connectivity index (χ1n) is 7.05. The van der Waals surface area contributed by atoms with Crippen LogP contribution in [-0.2, 0) is 0 Å². The Labute approximate surface area is 99.6 Å². The van der Waals surface area contributed by atoms with E-state index in [-0.39, 0.29) is 10.8 Å². The highest BCUT2D eigenvalue weighted by atomic mass is 16.3. The fraction of sp³-hybridized carbons (Fsp3) is 1.00. The summed E-state index contributed by atoms with van der Waals surface area (Å²) in [5.41, 5.74) is -0.0576. The lowest BCUT2D eigenvalue weighted by molar-refractivity contribution is -0.291. The van der Waals surface area contributed by atoms with E-state index in [0.29, 0.717) is 0 Å². The van der Waals surface area contributed by atoms with Gasteiger partial charge in [0.15, 0.2) is 0 Å². The molecule has 4 bridgehead atoms. The first-order chi connectivity index (χ1) is 7.33. The molecule has 5 atom stereocenters. The minimum atomic E-state index is -0.391. The summed E-state index contributed by atoms with van der Waals surface area (Å²) in [7, 11) is 0. The van der Waals surface area contributed by atoms with E-state index in [1.54, 1.807) is 0 Å². The molecule has 0 spiro atoms. The van der Waals surface area contributed by atoms with Gasteiger partial charge in [-0.25, -0.2) is 0 Å². The van der Waals surface area contributed by atoms with Crippen molar-refractivity contribution in [3.8, 4) is 0 Å². The highest BCUT2D eigenvalue weighted by Crippen LogP contribution is 2.71. The number of fused-ring (bicyclic) bond motifs is 1. The molecule has 4 aliphatic rings. The van der Waals surface area contributed by atoms with E-state index in [1.165, 1.54) is 25.7 Å². The van der Waals surface area contributed by atoms with Gasteiger partial charge in [0.2, 0.25) is 0 Å². The average molecular weight is 222 g/mol. The Morgan fingerprint density at radius 2 is 1.75 bits per heavy atom. The van der Waals surface area contributed by atoms with Crippen molar-refractivity contribution in [3.63, 3.8) is 0 Å². The van der Waals surface area contributed by atoms with Crippen LogP contribution in [0.25, 0.3) is 0 Å². The van der Waals surface area contributed by atoms with Crippen LogP contribution in [0.1, 0.15) is 59.8 Å². The van der Waals surface area contributed by atoms with Crippen molar-refractivity contribution in [2.24, 2.45) is 28.6 Å². The van der Waals surface area contributed by atoms with E-state index < -0.39 is 5.60 Å². The van der Waals surface area contributed by atoms with E-state index in [4.69, 9.17) is 0 Å². The van der Waals surface area contributed by atoms with E-state index >= 15 is 0 Å². The van der Waals surface area contributed by atoms with Crippen molar-refractivity contribution < 1.29 is 5.11 Å². The summed E-state index contributed by atoms with van der Waals surface area (Å²) in [5, 5.41) is 11.3. The van der Waals surface area contributed by atoms with E-state index in [2.05, 4.69) is 27.7 Å². The Morgan fingerprint density at radius 3 is 2.44 bits per heavy atom. The summed E-state index contributed by atoms with van der Waals surface area (Å²) in [5.74, 6) is 2.36. The molecule has 1 heteroatoms. The molecular formula is C15H26O. The molecule has 0 amide bonds. The summed E-state index contributed by atoms with van der Waals surface area (Å²) in [6.07, 6.45) is 6.23. The fourth-order valence-electron chi connectivity index (χ4n) is 5.69. The highest BCUT2D eigenvalue weighted by Gasteiger charge is 2.69. The maximum atomic E-state index is 11.3. The maximum Gasteiger partial charge on any atom is 0.0757 e. The summed E-state index contributed by atoms with van der Waals surface area (Å²) in [4.78, 5) is 0. The van der Waals surface area contributed by atoms with Crippen LogP contribution in [-0.4, -0.2) is 10.7 Å². The van der Waals surface area contributed by atoms with Gasteiger partial charge in [0.25, 0.3) is 0 Å². The molecule has 1 unspecified atom stereocenters. The van der Waals surface area contributed by atoms with Gasteiger partial charge < -0.3 is 5.11 Å². The third-order valence-corrected chi connectivity index (χ3v) is 7.05. The first-order valence-corrected chi connectivity index (χ1v) is 7.05. The predicted molar refractivity (Wildman–Crippen MR) is 66.1 cm³/mol. The van der Waals surface area contributed by atoms with Crippen molar-refractivity contribution in [1.29, 1.82) is 0 Å². The second kappa shape index (κ2) is 2.85. The average Bonchev–Trinajstić information content (AvgIpc) is 2.22. The SMILES string of the molecule is C[C@H]1CC[C@@]2(O)C(C)(C)[C@@H]3CC[C@@]2(C)C1C3. The Hall–Kier alpha value is -0.0400. The van der Waals surface area contributed by atoms with Crippen molar-refractivity contribution in [1.82, 2.24) is 0 Å². The minimum absolute atomic E-state index is 0.136. The normalized spacial score (nSPS) is 58.7. The monoisotopic (exact) mass is 222 g/mol. The summed E-state index contributed by atoms with van der Waals surface area (Å²) in [6, 6.07) is 0. The van der Waals surface area contributed by atoms with Crippen molar-refractivity contribution >= 4 is 0 Å². The zero-order chi connectivity index (χ0) is 11.8. The Bertz CT molecular complexity index is 321. The maximum absolute atomic E-state index is 11.3. The van der Waals surface area contributed by atoms with Gasteiger partial charge in [-0.15, -0.1) is 0 Å². The van der Waals surface area contributed by atoms with Crippen LogP contribution < -0.4 is 0 Å². The van der Waals surface area contributed by atoms with Crippen LogP contribution in [0.2, 0.25) is 0 Å². The van der Waals surface area contributed by atoms with Crippen molar-refractivity contribution in [3.05, 3.63) is 0 Å². The lowest BCUT2D eigenvalue weighted by atomic mass is 9.35. The number of hydrogen-bond acceptors (Lipinski definition) is 1. The number of hydrogen-bond donors (Lipinski definition) is 1. The van der Waals surface area contributed by atoms with Crippen LogP contribution in [0.4, 0.5) is 0 Å². The summed E-state index contributed by atoms with van der Waals surface area (Å²) < 4.78 is 0. The van der Waals surface area contributed by atoms with Gasteiger partial charge in [-0.2, -0.15) is 0 Å². The minimum Gasteiger partial charge on any atom is -0.389 e. The molecule has 1 nitrogen and oxygen atoms in total. The fourth-order valence-corrected chi connectivity index (χ4v) is 5.69. The molecule has 0 aromatic heterocycles. The van der Waals surface area contributed by atoms with E-state index in [9.17, 15) is 5.11 Å². The predicted octanol–water partition coefficient (Wildman–Crippen LogP) is 3.61. The highest BCUT2D eigenvalue weighted by molar-refractivity contribution is 5.19. The molecule has 0 saturated heterocycles. The van der Waals surface area contributed by atoms with Gasteiger partial charge in [-0.1, -0.05) is 27.7 Å². The van der Waals surface area contributed by atoms with Crippen LogP contribution in [0.5, 0.6) is 0 Å². The molecule has 0 aromatic rings. The van der Waals surface area contributed by atoms with Gasteiger partial charge in [0.1, 0.15) is 0 Å². The summed E-state index contributed by atoms with van der Waals surface area (Å²) >= 11 is 0. The molecule has 0 radical (unpaired) electrons. The van der Waals surface area contributed by atoms with E-state index in [0.717, 1.165) is 24.2 Å². The van der Waals surface area contributed by atoms with Crippen molar-refractivity contribution in [2.75, 3.05) is 0 Å². The smallest absolute Gasteiger partial charge is 0.0757 e. The van der Waals surface area contributed by atoms with Crippen LogP contribution >= 0.6 is 0 Å². The zero-order valence-corrected chi connectivity index (χ0v) is 11.2. The van der Waals surface area contributed by atoms with Crippen LogP contribution in [0.3, 0.4) is 0 Å². The molecule has 0 heterocycles. The number of rotatable bonds is 0. The van der Waals surface area contributed by atoms with Crippen LogP contribution in [0.15, 0.2) is 0 Å². The lowest BCUT2D eigenvalue weighted by Gasteiger charge is -2.71. The zero-order valence-electron chi connectivity index (χ0n) is 11.2. The molecule has 4 saturated carbocycles. The molecule has 4 fully saturated rings. The lowest BCUT2D eigenvalue weighted by Crippen LogP contribution is -2.71. The van der Waals surface area contributed by atoms with Gasteiger partial charge in [0.05, 0.1) is 5.60 Å². The molecule has 4 aliphatic carbocycles. The molecule has 92 valence electrons. The molecule has 1 N–H and O–H groups in total. The topological polar surface area (TPSA) is 20.2 Å². The second-order valence-electron chi connectivity index (χ2n) is 7.59. The quantitative estimate of drug-likeness (QED) is 0.664. The largest absolute Gasteiger partial charge is 0.389 e. The Kier molecular flexibility index (Phi) is 1.98. The second-order valence-corrected chi connectivity index (χ2v) is 7.59. The molecule has 16 heavy (non-hydrogen) atoms. The van der Waals surface area contributed by atoms with Gasteiger partial charge in [0, 0.05) is 0 Å². The van der Waals surface area contributed by atoms with Gasteiger partial charge >= 0.3 is 0 Å². The molecule has 0 aliphatic heterocycles. The third-order valence-electron chi connectivity index (χ3n) is 7.05. The van der Waals surface area contributed by atoms with Crippen LogP contribution in [0, 0.1) is 28.6 Å². The Balaban J connectivity index is 2.13. The summed E-state index contributed by atoms with van der Waals surface area (Å²) in [6.45, 7) is 9.43. The Morgan fingerprint density at radius 1 is 1.06 bits per heavy atom. The van der Waals surface area contributed by atoms with Gasteiger partial charge in [-0.05, 0) is 60.7 Å². The first kappa shape index (κ1) is 11.1. The molecule has 0 aromatic carbocycles. The van der Waals surface area contributed by atoms with Gasteiger partial charge in [-0.3, -0.25) is 0 Å². The standard InChI is InChI=1S/C15H26O/c1-10-5-8-15(16)13(2,3)11-6-7-14(15,4)12(10)9-11/h10-12,16H,5-9H2,1-4H3/t10-,11+,12?,14-,15+/m0/s1. The number of aliphatic hydroxyl groups is 1. The van der Waals surface area contributed by atoms with Crippen molar-refractivity contribution in [2.45, 2.75) is 65.4 Å². The third kappa shape index (κ3) is 0.939.